The number of oxime groups is 1. The zero-order valence-corrected chi connectivity index (χ0v) is 21.4. The zero-order valence-electron chi connectivity index (χ0n) is 21.4. The smallest absolute Gasteiger partial charge is 0.0884 e. The second-order valence-corrected chi connectivity index (χ2v) is 12.5. The molecule has 5 aliphatic rings. The van der Waals surface area contributed by atoms with Crippen LogP contribution in [0.5, 0.6) is 0 Å². The van der Waals surface area contributed by atoms with E-state index in [1.54, 1.807) is 6.08 Å². The van der Waals surface area contributed by atoms with E-state index in [1.165, 1.54) is 22.4 Å². The maximum absolute atomic E-state index is 12.0. The zero-order chi connectivity index (χ0) is 24.6. The monoisotopic (exact) mass is 476 g/mol. The molecule has 1 aromatic rings. The van der Waals surface area contributed by atoms with Crippen LogP contribution in [0, 0.1) is 28.6 Å². The van der Waals surface area contributed by atoms with Gasteiger partial charge in [0.05, 0.1) is 17.9 Å². The molecule has 0 amide bonds. The highest BCUT2D eigenvalue weighted by Gasteiger charge is 2.67. The first kappa shape index (κ1) is 23.3. The van der Waals surface area contributed by atoms with E-state index in [2.05, 4.69) is 55.3 Å². The third-order valence-corrected chi connectivity index (χ3v) is 11.1. The van der Waals surface area contributed by atoms with Crippen LogP contribution in [-0.4, -0.2) is 47.4 Å². The molecule has 0 aromatic heterocycles. The molecule has 6 rings (SSSR count). The molecule has 0 saturated heterocycles. The van der Waals surface area contributed by atoms with Gasteiger partial charge < -0.3 is 20.3 Å². The first-order valence-electron chi connectivity index (χ1n) is 13.5. The Morgan fingerprint density at radius 2 is 2.00 bits per heavy atom. The second kappa shape index (κ2) is 7.94. The summed E-state index contributed by atoms with van der Waals surface area (Å²) in [5, 5.41) is 34.6. The third-order valence-electron chi connectivity index (χ3n) is 11.1. The van der Waals surface area contributed by atoms with Crippen LogP contribution in [0.3, 0.4) is 0 Å². The number of allylic oxidation sites excluding steroid dienone is 2. The van der Waals surface area contributed by atoms with Crippen molar-refractivity contribution in [1.82, 2.24) is 0 Å². The topological polar surface area (TPSA) is 76.3 Å². The van der Waals surface area contributed by atoms with Crippen molar-refractivity contribution in [2.24, 2.45) is 33.7 Å². The molecule has 2 unspecified atom stereocenters. The van der Waals surface area contributed by atoms with Gasteiger partial charge >= 0.3 is 0 Å². The molecule has 1 spiro atoms. The number of anilines is 1. The predicted octanol–water partition coefficient (Wildman–Crippen LogP) is 5.05. The molecule has 0 heterocycles. The maximum Gasteiger partial charge on any atom is 0.0884 e. The quantitative estimate of drug-likeness (QED) is 0.324. The van der Waals surface area contributed by atoms with Crippen molar-refractivity contribution in [3.05, 3.63) is 53.1 Å². The highest BCUT2D eigenvalue weighted by molar-refractivity contribution is 5.96. The van der Waals surface area contributed by atoms with Crippen LogP contribution in [0.2, 0.25) is 0 Å². The first-order chi connectivity index (χ1) is 16.8. The average Bonchev–Trinajstić information content (AvgIpc) is 3.12. The number of hydrogen-bond acceptors (Lipinski definition) is 5. The summed E-state index contributed by atoms with van der Waals surface area (Å²) in [6, 6.07) is 7.05. The summed E-state index contributed by atoms with van der Waals surface area (Å²) >= 11 is 0. The number of fused-ring (bicyclic) bond motifs is 4. The van der Waals surface area contributed by atoms with Gasteiger partial charge in [-0.3, -0.25) is 0 Å². The fraction of sp³-hybridized carbons (Fsp3) is 0.633. The molecule has 3 fully saturated rings. The Morgan fingerprint density at radius 1 is 1.17 bits per heavy atom. The van der Waals surface area contributed by atoms with Crippen molar-refractivity contribution >= 4 is 11.4 Å². The van der Waals surface area contributed by atoms with Gasteiger partial charge in [0.1, 0.15) is 0 Å². The van der Waals surface area contributed by atoms with E-state index in [4.69, 9.17) is 0 Å². The van der Waals surface area contributed by atoms with Crippen molar-refractivity contribution in [2.45, 2.75) is 69.8 Å². The van der Waals surface area contributed by atoms with Crippen LogP contribution >= 0.6 is 0 Å². The van der Waals surface area contributed by atoms with E-state index in [9.17, 15) is 15.4 Å². The first-order valence-corrected chi connectivity index (χ1v) is 13.5. The van der Waals surface area contributed by atoms with Crippen molar-refractivity contribution in [3.8, 4) is 0 Å². The van der Waals surface area contributed by atoms with Gasteiger partial charge in [0.15, 0.2) is 0 Å². The van der Waals surface area contributed by atoms with Crippen molar-refractivity contribution in [3.63, 3.8) is 0 Å². The maximum atomic E-state index is 12.0. The standard InChI is InChI=1S/C30H40N2O3/c1-28-18-25-23-8-6-22(32(2)3)15-19(23)17-29-12-9-21(31-35)16-20(29)5-7-24(27(25)29)26(28)10-13-30(28,34)11-4-14-33/h4,6,8,11,15-16,24-27,33-35H,5,7,9-10,12-14,17-18H2,1-3H3/b11-4-,31-21?/t24-,25?,26-,27?,28-,29+,30-/m0/s1. The lowest BCUT2D eigenvalue weighted by Gasteiger charge is -2.65. The molecule has 3 N–H and O–H groups in total. The molecule has 1 aromatic carbocycles. The van der Waals surface area contributed by atoms with E-state index < -0.39 is 5.60 Å². The van der Waals surface area contributed by atoms with Gasteiger partial charge in [-0.25, -0.2) is 0 Å². The fourth-order valence-electron chi connectivity index (χ4n) is 9.52. The van der Waals surface area contributed by atoms with Gasteiger partial charge in [0.25, 0.3) is 0 Å². The van der Waals surface area contributed by atoms with E-state index in [-0.39, 0.29) is 17.4 Å². The van der Waals surface area contributed by atoms with E-state index in [0.29, 0.717) is 23.7 Å². The van der Waals surface area contributed by atoms with Gasteiger partial charge in [-0.1, -0.05) is 35.9 Å². The summed E-state index contributed by atoms with van der Waals surface area (Å²) in [5.41, 5.74) is 5.59. The normalized spacial score (nSPS) is 42.8. The summed E-state index contributed by atoms with van der Waals surface area (Å²) in [6.07, 6.45) is 13.9. The summed E-state index contributed by atoms with van der Waals surface area (Å²) < 4.78 is 0. The summed E-state index contributed by atoms with van der Waals surface area (Å²) in [5.74, 6) is 2.06. The molecular weight excluding hydrogens is 436 g/mol. The number of aliphatic hydroxyl groups is 2. The molecule has 0 radical (unpaired) electrons. The van der Waals surface area contributed by atoms with Gasteiger partial charge in [0.2, 0.25) is 0 Å². The second-order valence-electron chi connectivity index (χ2n) is 12.5. The van der Waals surface area contributed by atoms with Gasteiger partial charge in [-0.15, -0.1) is 0 Å². The Hall–Kier alpha value is -2.11. The minimum Gasteiger partial charge on any atom is -0.411 e. The molecule has 0 bridgehead atoms. The molecule has 5 heteroatoms. The Balaban J connectivity index is 1.53. The number of hydrogen-bond donors (Lipinski definition) is 3. The number of nitrogens with zero attached hydrogens (tertiary/aromatic N) is 2. The number of benzene rings is 1. The average molecular weight is 477 g/mol. The van der Waals surface area contributed by atoms with Crippen LogP contribution in [0.4, 0.5) is 5.69 Å². The SMILES string of the molecule is CN(C)c1ccc2c(c1)C[C@]13CCC(=NO)C=C1CC[C@@H]1C3C2C[C@@]2(C)[C@H]1CC[C@@]2(O)/C=C\CO. The van der Waals surface area contributed by atoms with Crippen LogP contribution in [0.15, 0.2) is 47.2 Å². The van der Waals surface area contributed by atoms with Crippen LogP contribution in [0.1, 0.15) is 68.9 Å². The molecule has 0 aliphatic heterocycles. The van der Waals surface area contributed by atoms with Crippen molar-refractivity contribution < 1.29 is 15.4 Å². The van der Waals surface area contributed by atoms with E-state index in [1.807, 2.05) is 6.08 Å². The predicted molar refractivity (Wildman–Crippen MR) is 139 cm³/mol. The number of aliphatic hydroxyl groups excluding tert-OH is 1. The Labute approximate surface area is 209 Å². The highest BCUT2D eigenvalue weighted by atomic mass is 16.4. The molecule has 7 atom stereocenters. The largest absolute Gasteiger partial charge is 0.411 e. The molecule has 188 valence electrons. The summed E-state index contributed by atoms with van der Waals surface area (Å²) in [7, 11) is 4.22. The van der Waals surface area contributed by atoms with Gasteiger partial charge in [0, 0.05) is 25.2 Å². The third kappa shape index (κ3) is 3.10. The van der Waals surface area contributed by atoms with Crippen molar-refractivity contribution in [1.29, 1.82) is 0 Å². The fourth-order valence-corrected chi connectivity index (χ4v) is 9.52. The minimum absolute atomic E-state index is 0.0271. The summed E-state index contributed by atoms with van der Waals surface area (Å²) in [6.45, 7) is 2.31. The molecule has 3 saturated carbocycles. The van der Waals surface area contributed by atoms with Crippen molar-refractivity contribution in [2.75, 3.05) is 25.6 Å². The Bertz CT molecular complexity index is 1120. The highest BCUT2D eigenvalue weighted by Crippen LogP contribution is 2.73. The van der Waals surface area contributed by atoms with Crippen LogP contribution < -0.4 is 4.90 Å². The van der Waals surface area contributed by atoms with Gasteiger partial charge in [-0.2, -0.15) is 0 Å². The molecule has 5 aliphatic carbocycles. The molecular formula is C30H40N2O3. The van der Waals surface area contributed by atoms with Gasteiger partial charge in [-0.05, 0) is 110 Å². The van der Waals surface area contributed by atoms with E-state index >= 15 is 0 Å². The Kier molecular flexibility index (Phi) is 5.29. The molecule has 5 nitrogen and oxygen atoms in total. The summed E-state index contributed by atoms with van der Waals surface area (Å²) in [4.78, 5) is 2.19. The lowest BCUT2D eigenvalue weighted by molar-refractivity contribution is -0.120. The van der Waals surface area contributed by atoms with Crippen LogP contribution in [-0.2, 0) is 6.42 Å². The minimum atomic E-state index is -0.862. The van der Waals surface area contributed by atoms with Crippen LogP contribution in [0.25, 0.3) is 0 Å². The lowest BCUT2D eigenvalue weighted by Crippen LogP contribution is -2.59. The Morgan fingerprint density at radius 3 is 2.74 bits per heavy atom. The van der Waals surface area contributed by atoms with E-state index in [0.717, 1.165) is 57.1 Å². The lowest BCUT2D eigenvalue weighted by atomic mass is 9.39. The molecule has 35 heavy (non-hydrogen) atoms. The number of rotatable bonds is 3.